The van der Waals surface area contributed by atoms with Crippen LogP contribution < -0.4 is 14.8 Å². The fourth-order valence-corrected chi connectivity index (χ4v) is 2.73. The summed E-state index contributed by atoms with van der Waals surface area (Å²) >= 11 is 0. The minimum Gasteiger partial charge on any atom is -0.489 e. The number of nitrogens with one attached hydrogen (secondary N) is 1. The molecule has 0 radical (unpaired) electrons. The van der Waals surface area contributed by atoms with Crippen LogP contribution >= 0.6 is 0 Å². The van der Waals surface area contributed by atoms with Crippen molar-refractivity contribution in [2.75, 3.05) is 0 Å². The Labute approximate surface area is 175 Å². The zero-order chi connectivity index (χ0) is 21.3. The highest BCUT2D eigenvalue weighted by atomic mass is 16.5. The van der Waals surface area contributed by atoms with E-state index in [0.29, 0.717) is 24.5 Å². The molecule has 154 valence electrons. The molecule has 1 unspecified atom stereocenters. The highest BCUT2D eigenvalue weighted by Crippen LogP contribution is 2.16. The van der Waals surface area contributed by atoms with Crippen molar-refractivity contribution in [3.63, 3.8) is 0 Å². The molecule has 0 fully saturated rings. The summed E-state index contributed by atoms with van der Waals surface area (Å²) in [5.74, 6) is 0.946. The van der Waals surface area contributed by atoms with Crippen LogP contribution in [0.4, 0.5) is 0 Å². The van der Waals surface area contributed by atoms with Crippen LogP contribution in [0.5, 0.6) is 11.5 Å². The van der Waals surface area contributed by atoms with Gasteiger partial charge in [0, 0.05) is 30.1 Å². The van der Waals surface area contributed by atoms with Crippen LogP contribution in [0.2, 0.25) is 0 Å². The summed E-state index contributed by atoms with van der Waals surface area (Å²) in [4.78, 5) is 27.9. The average molecular weight is 404 g/mol. The molecular weight excluding hydrogens is 380 g/mol. The van der Waals surface area contributed by atoms with E-state index < -0.39 is 6.10 Å². The van der Waals surface area contributed by atoms with Crippen LogP contribution in [0.1, 0.15) is 35.3 Å². The van der Waals surface area contributed by atoms with Crippen molar-refractivity contribution in [1.29, 1.82) is 0 Å². The quantitative estimate of drug-likeness (QED) is 0.547. The van der Waals surface area contributed by atoms with Crippen molar-refractivity contribution in [2.24, 2.45) is 0 Å². The number of hydrogen-bond acceptors (Lipinski definition) is 5. The number of hydrogen-bond donors (Lipinski definition) is 1. The van der Waals surface area contributed by atoms with E-state index in [1.807, 2.05) is 36.4 Å². The monoisotopic (exact) mass is 404 g/mol. The number of amides is 1. The molecule has 0 aliphatic carbocycles. The van der Waals surface area contributed by atoms with Gasteiger partial charge in [0.2, 0.25) is 0 Å². The highest BCUT2D eigenvalue weighted by molar-refractivity contribution is 5.94. The number of ether oxygens (including phenoxy) is 2. The molecule has 0 bridgehead atoms. The summed E-state index contributed by atoms with van der Waals surface area (Å²) in [7, 11) is 0. The summed E-state index contributed by atoms with van der Waals surface area (Å²) < 4.78 is 11.4. The first-order valence-electron chi connectivity index (χ1n) is 9.67. The van der Waals surface area contributed by atoms with Crippen molar-refractivity contribution >= 4 is 11.7 Å². The molecule has 1 amide bonds. The molecule has 0 saturated carbocycles. The van der Waals surface area contributed by atoms with Gasteiger partial charge < -0.3 is 14.8 Å². The van der Waals surface area contributed by atoms with Crippen molar-refractivity contribution in [3.05, 3.63) is 89.7 Å². The molecule has 2 aromatic carbocycles. The number of carbonyl (C=O) groups excluding carboxylic acids is 2. The van der Waals surface area contributed by atoms with Crippen molar-refractivity contribution in [1.82, 2.24) is 10.3 Å². The number of nitrogens with zero attached hydrogens (tertiary/aromatic N) is 1. The van der Waals surface area contributed by atoms with Gasteiger partial charge in [-0.05, 0) is 49.7 Å². The smallest absolute Gasteiger partial charge is 0.261 e. The Kier molecular flexibility index (Phi) is 7.16. The molecule has 3 aromatic rings. The molecule has 1 aromatic heterocycles. The third-order valence-corrected chi connectivity index (χ3v) is 4.44. The maximum Gasteiger partial charge on any atom is 0.261 e. The minimum absolute atomic E-state index is 0.0505. The molecule has 0 aliphatic heterocycles. The Morgan fingerprint density at radius 2 is 1.80 bits per heavy atom. The molecule has 0 spiro atoms. The number of rotatable bonds is 9. The van der Waals surface area contributed by atoms with Gasteiger partial charge in [0.25, 0.3) is 5.91 Å². The minimum atomic E-state index is -0.686. The Balaban J connectivity index is 1.46. The van der Waals surface area contributed by atoms with Gasteiger partial charge in [0.05, 0.1) is 0 Å². The third-order valence-electron chi connectivity index (χ3n) is 4.44. The third kappa shape index (κ3) is 6.17. The largest absolute Gasteiger partial charge is 0.489 e. The second-order valence-corrected chi connectivity index (χ2v) is 6.86. The molecule has 0 saturated heterocycles. The second-order valence-electron chi connectivity index (χ2n) is 6.86. The van der Waals surface area contributed by atoms with Crippen molar-refractivity contribution in [3.8, 4) is 11.5 Å². The Hall–Kier alpha value is -3.67. The SMILES string of the molecule is CC(=O)c1cccc(OC(C)C(=O)NCc2ccc(OCc3cccnc3)cc2)c1. The number of aromatic nitrogens is 1. The summed E-state index contributed by atoms with van der Waals surface area (Å²) in [6.07, 6.45) is 2.81. The van der Waals surface area contributed by atoms with E-state index in [0.717, 1.165) is 16.9 Å². The van der Waals surface area contributed by atoms with Gasteiger partial charge in [0.1, 0.15) is 18.1 Å². The van der Waals surface area contributed by atoms with Gasteiger partial charge in [-0.25, -0.2) is 0 Å². The first kappa shape index (κ1) is 21.0. The van der Waals surface area contributed by atoms with Crippen LogP contribution in [0, 0.1) is 0 Å². The van der Waals surface area contributed by atoms with Gasteiger partial charge in [-0.1, -0.05) is 30.3 Å². The van der Waals surface area contributed by atoms with Gasteiger partial charge in [-0.15, -0.1) is 0 Å². The molecule has 30 heavy (non-hydrogen) atoms. The van der Waals surface area contributed by atoms with Gasteiger partial charge in [0.15, 0.2) is 11.9 Å². The topological polar surface area (TPSA) is 77.5 Å². The summed E-state index contributed by atoms with van der Waals surface area (Å²) in [5, 5.41) is 2.85. The van der Waals surface area contributed by atoms with E-state index in [-0.39, 0.29) is 11.7 Å². The number of benzene rings is 2. The fraction of sp³-hybridized carbons (Fsp3) is 0.208. The van der Waals surface area contributed by atoms with Crippen LogP contribution in [-0.4, -0.2) is 22.8 Å². The average Bonchev–Trinajstić information content (AvgIpc) is 2.77. The van der Waals surface area contributed by atoms with Gasteiger partial charge in [-0.2, -0.15) is 0 Å². The summed E-state index contributed by atoms with van der Waals surface area (Å²) in [6, 6.07) is 18.2. The normalized spacial score (nSPS) is 11.4. The van der Waals surface area contributed by atoms with E-state index in [2.05, 4.69) is 10.3 Å². The van der Waals surface area contributed by atoms with Crippen LogP contribution in [0.15, 0.2) is 73.1 Å². The lowest BCUT2D eigenvalue weighted by atomic mass is 10.1. The summed E-state index contributed by atoms with van der Waals surface area (Å²) in [5.41, 5.74) is 2.49. The Morgan fingerprint density at radius 1 is 1.00 bits per heavy atom. The Morgan fingerprint density at radius 3 is 2.50 bits per heavy atom. The van der Waals surface area contributed by atoms with Gasteiger partial charge >= 0.3 is 0 Å². The highest BCUT2D eigenvalue weighted by Gasteiger charge is 2.15. The van der Waals surface area contributed by atoms with Gasteiger partial charge in [-0.3, -0.25) is 14.6 Å². The first-order valence-corrected chi connectivity index (χ1v) is 9.67. The standard InChI is InChI=1S/C24H24N2O4/c1-17(27)21-6-3-7-23(13-21)30-18(2)24(28)26-15-19-8-10-22(11-9-19)29-16-20-5-4-12-25-14-20/h3-14,18H,15-16H2,1-2H3,(H,26,28). The lowest BCUT2D eigenvalue weighted by Gasteiger charge is -2.15. The van der Waals surface area contributed by atoms with Crippen LogP contribution in [-0.2, 0) is 17.9 Å². The predicted octanol–water partition coefficient (Wildman–Crippen LogP) is 3.95. The van der Waals surface area contributed by atoms with E-state index >= 15 is 0 Å². The van der Waals surface area contributed by atoms with E-state index in [4.69, 9.17) is 9.47 Å². The maximum absolute atomic E-state index is 12.3. The van der Waals surface area contributed by atoms with Crippen molar-refractivity contribution < 1.29 is 19.1 Å². The molecular formula is C24H24N2O4. The lowest BCUT2D eigenvalue weighted by Crippen LogP contribution is -2.35. The molecule has 6 heteroatoms. The molecule has 6 nitrogen and oxygen atoms in total. The number of carbonyl (C=O) groups is 2. The zero-order valence-corrected chi connectivity index (χ0v) is 17.0. The Bertz CT molecular complexity index is 988. The summed E-state index contributed by atoms with van der Waals surface area (Å²) in [6.45, 7) is 3.99. The van der Waals surface area contributed by atoms with Crippen LogP contribution in [0.25, 0.3) is 0 Å². The molecule has 3 rings (SSSR count). The van der Waals surface area contributed by atoms with E-state index in [1.165, 1.54) is 6.92 Å². The second kappa shape index (κ2) is 10.2. The lowest BCUT2D eigenvalue weighted by molar-refractivity contribution is -0.127. The fourth-order valence-electron chi connectivity index (χ4n) is 2.73. The zero-order valence-electron chi connectivity index (χ0n) is 17.0. The number of Topliss-reactive ketones (excluding diaryl/α,β-unsaturated/α-hetero) is 1. The predicted molar refractivity (Wildman–Crippen MR) is 113 cm³/mol. The van der Waals surface area contributed by atoms with E-state index in [9.17, 15) is 9.59 Å². The maximum atomic E-state index is 12.3. The number of ketones is 1. The first-order chi connectivity index (χ1) is 14.5. The molecule has 1 atom stereocenters. The van der Waals surface area contributed by atoms with E-state index in [1.54, 1.807) is 43.6 Å². The van der Waals surface area contributed by atoms with Crippen LogP contribution in [0.3, 0.4) is 0 Å². The number of pyridine rings is 1. The molecule has 0 aliphatic rings. The molecule has 1 heterocycles. The van der Waals surface area contributed by atoms with Crippen molar-refractivity contribution in [2.45, 2.75) is 33.1 Å². The molecule has 1 N–H and O–H groups in total.